The zero-order valence-corrected chi connectivity index (χ0v) is 8.56. The highest BCUT2D eigenvalue weighted by Crippen LogP contribution is 2.39. The Morgan fingerprint density at radius 1 is 1.24 bits per heavy atom. The third-order valence-electron chi connectivity index (χ3n) is 2.04. The lowest BCUT2D eigenvalue weighted by atomic mass is 9.98. The maximum atomic E-state index is 13.2. The first-order chi connectivity index (χ1) is 7.65. The van der Waals surface area contributed by atoms with E-state index in [-0.39, 0.29) is 12.2 Å². The number of halogens is 2. The fourth-order valence-corrected chi connectivity index (χ4v) is 1.61. The summed E-state index contributed by atoms with van der Waals surface area (Å²) in [5, 5.41) is 21.0. The molecule has 0 bridgehead atoms. The zero-order chi connectivity index (χ0) is 13.4. The lowest BCUT2D eigenvalue weighted by molar-refractivity contribution is -0.801. The molecule has 0 aromatic heterocycles. The summed E-state index contributed by atoms with van der Waals surface area (Å²) in [7, 11) is 0. The summed E-state index contributed by atoms with van der Waals surface area (Å²) in [6.45, 7) is 0. The number of hydrogen-bond donors (Lipinski definition) is 0. The average Bonchev–Trinajstić information content (AvgIpc) is 2.15. The van der Waals surface area contributed by atoms with Crippen molar-refractivity contribution < 1.29 is 27.4 Å². The Morgan fingerprint density at radius 3 is 2.06 bits per heavy atom. The van der Waals surface area contributed by atoms with Crippen LogP contribution in [0.4, 0.5) is 8.78 Å². The van der Waals surface area contributed by atoms with Crippen molar-refractivity contribution in [2.75, 3.05) is 0 Å². The molecule has 1 aliphatic rings. The van der Waals surface area contributed by atoms with Gasteiger partial charge in [-0.2, -0.15) is 8.78 Å². The van der Waals surface area contributed by atoms with Gasteiger partial charge in [0.2, 0.25) is 0 Å². The second-order valence-electron chi connectivity index (χ2n) is 2.98. The summed E-state index contributed by atoms with van der Waals surface area (Å²) in [5.41, 5.74) is -4.00. The molecule has 0 aliphatic heterocycles. The number of nitro groups is 2. The number of hydrogen-bond acceptors (Lipinski definition) is 6. The van der Waals surface area contributed by atoms with Gasteiger partial charge >= 0.3 is 11.6 Å². The van der Waals surface area contributed by atoms with E-state index in [0.717, 1.165) is 0 Å². The highest BCUT2D eigenvalue weighted by molar-refractivity contribution is 7.83. The van der Waals surface area contributed by atoms with Gasteiger partial charge in [0.05, 0.1) is 6.08 Å². The molecule has 0 saturated carbocycles. The van der Waals surface area contributed by atoms with Gasteiger partial charge in [-0.05, 0) is 17.2 Å². The third-order valence-corrected chi connectivity index (χ3v) is 2.68. The number of nitrogens with zero attached hydrogens (tertiary/aromatic N) is 2. The fourth-order valence-electron chi connectivity index (χ4n) is 1.17. The van der Waals surface area contributed by atoms with Crippen molar-refractivity contribution >= 4 is 11.1 Å². The molecule has 0 spiro atoms. The molecular formula is C6H3F2N2O6S-. The Bertz CT molecular complexity index is 459. The predicted octanol–water partition coefficient (Wildman–Crippen LogP) is 0.204. The molecule has 0 aromatic carbocycles. The van der Waals surface area contributed by atoms with Crippen LogP contribution in [0.5, 0.6) is 0 Å². The Hall–Kier alpha value is -1.75. The highest BCUT2D eigenvalue weighted by atomic mass is 32.2. The van der Waals surface area contributed by atoms with Gasteiger partial charge in [-0.25, -0.2) is 0 Å². The quantitative estimate of drug-likeness (QED) is 0.312. The van der Waals surface area contributed by atoms with Crippen LogP contribution < -0.4 is 0 Å². The molecule has 0 saturated heterocycles. The van der Waals surface area contributed by atoms with Crippen molar-refractivity contribution in [2.45, 2.75) is 11.6 Å². The van der Waals surface area contributed by atoms with Crippen LogP contribution in [-0.4, -0.2) is 30.2 Å². The van der Waals surface area contributed by atoms with E-state index >= 15 is 0 Å². The normalized spacial score (nSPS) is 22.6. The largest absolute Gasteiger partial charge is 0.768 e. The summed E-state index contributed by atoms with van der Waals surface area (Å²) in [4.78, 5) is 16.4. The molecule has 0 radical (unpaired) electrons. The maximum absolute atomic E-state index is 13.2. The van der Waals surface area contributed by atoms with Crippen LogP contribution in [0, 0.1) is 20.2 Å². The number of allylic oxidation sites excluding steroid dienone is 1. The Morgan fingerprint density at radius 2 is 1.71 bits per heavy atom. The Kier molecular flexibility index (Phi) is 3.07. The van der Waals surface area contributed by atoms with Gasteiger partial charge in [0.1, 0.15) is 9.85 Å². The maximum Gasteiger partial charge on any atom is 0.543 e. The predicted molar refractivity (Wildman–Crippen MR) is 47.8 cm³/mol. The molecule has 94 valence electrons. The van der Waals surface area contributed by atoms with Crippen molar-refractivity contribution in [3.63, 3.8) is 0 Å². The van der Waals surface area contributed by atoms with Crippen LogP contribution >= 0.6 is 0 Å². The second kappa shape index (κ2) is 3.92. The molecule has 1 atom stereocenters. The van der Waals surface area contributed by atoms with Gasteiger partial charge in [0, 0.05) is 11.0 Å². The van der Waals surface area contributed by atoms with Gasteiger partial charge < -0.3 is 4.55 Å². The van der Waals surface area contributed by atoms with Crippen LogP contribution in [0.3, 0.4) is 0 Å². The summed E-state index contributed by atoms with van der Waals surface area (Å²) >= 11 is -3.08. The topological polar surface area (TPSA) is 126 Å². The molecule has 11 heteroatoms. The van der Waals surface area contributed by atoms with Crippen molar-refractivity contribution in [1.82, 2.24) is 0 Å². The lowest BCUT2D eigenvalue weighted by Gasteiger charge is -2.24. The fraction of sp³-hybridized carbons (Fsp3) is 0.333. The molecule has 0 aromatic rings. The number of alkyl halides is 2. The molecule has 0 amide bonds. The van der Waals surface area contributed by atoms with Gasteiger partial charge in [-0.1, -0.05) is 0 Å². The summed E-state index contributed by atoms with van der Waals surface area (Å²) < 4.78 is 47.5. The van der Waals surface area contributed by atoms with E-state index in [1.165, 1.54) is 0 Å². The minimum absolute atomic E-state index is 0.177. The average molecular weight is 269 g/mol. The third kappa shape index (κ3) is 1.82. The minimum Gasteiger partial charge on any atom is -0.768 e. The van der Waals surface area contributed by atoms with Crippen LogP contribution in [-0.2, 0) is 11.1 Å². The molecule has 8 nitrogen and oxygen atoms in total. The first kappa shape index (κ1) is 13.3. The summed E-state index contributed by atoms with van der Waals surface area (Å²) in [6, 6.07) is 0. The SMILES string of the molecule is O=[N+]([O-])C1([N+](=O)[O-])C=C(S(=O)[O-])C=CC1(F)F. The summed E-state index contributed by atoms with van der Waals surface area (Å²) in [5.74, 6) is -4.43. The van der Waals surface area contributed by atoms with Gasteiger partial charge in [-0.3, -0.25) is 24.4 Å². The Balaban J connectivity index is 3.53. The second-order valence-corrected chi connectivity index (χ2v) is 3.92. The molecule has 0 heterocycles. The smallest absolute Gasteiger partial charge is 0.543 e. The van der Waals surface area contributed by atoms with Crippen molar-refractivity contribution in [3.05, 3.63) is 43.4 Å². The zero-order valence-electron chi connectivity index (χ0n) is 7.74. The Labute approximate surface area is 94.2 Å². The van der Waals surface area contributed by atoms with E-state index in [9.17, 15) is 37.8 Å². The molecule has 1 aliphatic carbocycles. The lowest BCUT2D eigenvalue weighted by Crippen LogP contribution is -2.59. The van der Waals surface area contributed by atoms with Crippen molar-refractivity contribution in [1.29, 1.82) is 0 Å². The van der Waals surface area contributed by atoms with E-state index in [0.29, 0.717) is 6.08 Å². The first-order valence-electron chi connectivity index (χ1n) is 3.83. The molecule has 0 N–H and O–H groups in total. The van der Waals surface area contributed by atoms with E-state index in [1.54, 1.807) is 0 Å². The van der Waals surface area contributed by atoms with Gasteiger partial charge in [0.25, 0.3) is 0 Å². The van der Waals surface area contributed by atoms with Gasteiger partial charge in [-0.15, -0.1) is 0 Å². The van der Waals surface area contributed by atoms with Crippen molar-refractivity contribution in [3.8, 4) is 0 Å². The van der Waals surface area contributed by atoms with Gasteiger partial charge in [0.15, 0.2) is 0 Å². The molecule has 1 rings (SSSR count). The summed E-state index contributed by atoms with van der Waals surface area (Å²) in [6.07, 6.45) is 0.00814. The van der Waals surface area contributed by atoms with Crippen molar-refractivity contribution in [2.24, 2.45) is 0 Å². The first-order valence-corrected chi connectivity index (χ1v) is 4.91. The molecule has 17 heavy (non-hydrogen) atoms. The molecule has 0 fully saturated rings. The molecule has 1 unspecified atom stereocenters. The monoisotopic (exact) mass is 269 g/mol. The van der Waals surface area contributed by atoms with Crippen LogP contribution in [0.25, 0.3) is 0 Å². The highest BCUT2D eigenvalue weighted by Gasteiger charge is 2.74. The molecular weight excluding hydrogens is 266 g/mol. The van der Waals surface area contributed by atoms with E-state index in [2.05, 4.69) is 0 Å². The van der Waals surface area contributed by atoms with Crippen LogP contribution in [0.15, 0.2) is 23.1 Å². The van der Waals surface area contributed by atoms with E-state index < -0.39 is 37.4 Å². The van der Waals surface area contributed by atoms with E-state index in [4.69, 9.17) is 0 Å². The standard InChI is InChI=1S/C6H4F2N2O6S/c7-5(8)2-1-4(17(15)16)3-6(5,9(11)12)10(13)14/h1-3H,(H,15,16)/p-1. The van der Waals surface area contributed by atoms with E-state index in [1.807, 2.05) is 0 Å². The van der Waals surface area contributed by atoms with Crippen LogP contribution in [0.2, 0.25) is 0 Å². The number of rotatable bonds is 3. The minimum atomic E-state index is -4.43. The van der Waals surface area contributed by atoms with Crippen LogP contribution in [0.1, 0.15) is 0 Å².